The van der Waals surface area contributed by atoms with Crippen LogP contribution in [0.5, 0.6) is 0 Å². The van der Waals surface area contributed by atoms with E-state index in [4.69, 9.17) is 21.0 Å². The minimum atomic E-state index is -1.77. The van der Waals surface area contributed by atoms with Gasteiger partial charge in [0.1, 0.15) is 12.1 Å². The van der Waals surface area contributed by atoms with Gasteiger partial charge in [0, 0.05) is 0 Å². The lowest BCUT2D eigenvalue weighted by atomic mass is 10.2. The van der Waals surface area contributed by atoms with Crippen molar-refractivity contribution in [2.75, 3.05) is 0 Å². The normalized spacial score (nSPS) is 15.4. The smallest absolute Gasteiger partial charge is 0.334 e. The maximum atomic E-state index is 11.9. The molecule has 0 radical (unpaired) electrons. The molecule has 13 heteroatoms. The summed E-state index contributed by atoms with van der Waals surface area (Å²) in [4.78, 5) is 45.3. The standard InChI is InChI=1S/C13H20N6O7/c1-4(20)8(15)11-19-18-10(26-11)6(3-7(14)22)16-13(25)17-9(5(2)21)12(23)24/h4,6,8-9,20H,3,15H2,1-2H3,(H2,14,22)(H,23,24)(H2,16,17,25)/t4?,6-,8-,9-/m0/s1. The highest BCUT2D eigenvalue weighted by atomic mass is 16.4. The lowest BCUT2D eigenvalue weighted by Crippen LogP contribution is -2.50. The Morgan fingerprint density at radius 2 is 1.77 bits per heavy atom. The molecule has 0 aromatic carbocycles. The van der Waals surface area contributed by atoms with E-state index in [1.54, 1.807) is 0 Å². The van der Waals surface area contributed by atoms with Crippen molar-refractivity contribution in [3.05, 3.63) is 11.8 Å². The van der Waals surface area contributed by atoms with Crippen molar-refractivity contribution >= 4 is 23.7 Å². The number of primary amides is 1. The molecule has 1 rings (SSSR count). The summed E-state index contributed by atoms with van der Waals surface area (Å²) in [6.45, 7) is 2.39. The van der Waals surface area contributed by atoms with Crippen LogP contribution in [0.1, 0.15) is 44.1 Å². The van der Waals surface area contributed by atoms with Crippen LogP contribution in [-0.4, -0.2) is 56.2 Å². The van der Waals surface area contributed by atoms with Gasteiger partial charge in [-0.25, -0.2) is 9.59 Å². The van der Waals surface area contributed by atoms with E-state index >= 15 is 0 Å². The molecule has 4 atom stereocenters. The maximum absolute atomic E-state index is 11.9. The summed E-state index contributed by atoms with van der Waals surface area (Å²) < 4.78 is 5.23. The molecule has 1 unspecified atom stereocenters. The molecule has 0 saturated heterocycles. The molecule has 3 amide bonds. The third-order valence-electron chi connectivity index (χ3n) is 3.20. The van der Waals surface area contributed by atoms with Gasteiger partial charge in [0.15, 0.2) is 11.8 Å². The van der Waals surface area contributed by atoms with Crippen LogP contribution in [0, 0.1) is 0 Å². The van der Waals surface area contributed by atoms with Crippen molar-refractivity contribution in [3.63, 3.8) is 0 Å². The van der Waals surface area contributed by atoms with Crippen molar-refractivity contribution in [2.24, 2.45) is 11.5 Å². The number of urea groups is 1. The van der Waals surface area contributed by atoms with Crippen LogP contribution in [0.4, 0.5) is 4.79 Å². The molecule has 1 aromatic heterocycles. The molecule has 0 fully saturated rings. The molecule has 144 valence electrons. The number of ketones is 1. The number of aliphatic hydroxyl groups is 1. The second-order valence-electron chi connectivity index (χ2n) is 5.47. The van der Waals surface area contributed by atoms with Gasteiger partial charge in [0.2, 0.25) is 17.7 Å². The van der Waals surface area contributed by atoms with Crippen LogP contribution in [0.3, 0.4) is 0 Å². The summed E-state index contributed by atoms with van der Waals surface area (Å²) in [5.41, 5.74) is 10.8. The Bertz CT molecular complexity index is 674. The molecule has 0 aliphatic carbocycles. The minimum Gasteiger partial charge on any atom is -0.479 e. The fourth-order valence-electron chi connectivity index (χ4n) is 1.80. The summed E-state index contributed by atoms with van der Waals surface area (Å²) in [6.07, 6.45) is -1.45. The lowest BCUT2D eigenvalue weighted by molar-refractivity contribution is -0.142. The van der Waals surface area contributed by atoms with Gasteiger partial charge >= 0.3 is 12.0 Å². The van der Waals surface area contributed by atoms with Gasteiger partial charge in [-0.1, -0.05) is 0 Å². The van der Waals surface area contributed by atoms with Gasteiger partial charge in [-0.15, -0.1) is 10.2 Å². The predicted octanol–water partition coefficient (Wildman–Crippen LogP) is -2.29. The number of nitrogens with zero attached hydrogens (tertiary/aromatic N) is 2. The molecule has 26 heavy (non-hydrogen) atoms. The predicted molar refractivity (Wildman–Crippen MR) is 83.2 cm³/mol. The number of carboxylic acids is 1. The van der Waals surface area contributed by atoms with E-state index in [9.17, 15) is 24.3 Å². The topological polar surface area (TPSA) is 224 Å². The number of aliphatic carboxylic acids is 1. The van der Waals surface area contributed by atoms with Crippen LogP contribution in [0.15, 0.2) is 4.42 Å². The Hall–Kier alpha value is -3.06. The molecule has 1 aromatic rings. The van der Waals surface area contributed by atoms with Crippen molar-refractivity contribution in [1.82, 2.24) is 20.8 Å². The van der Waals surface area contributed by atoms with Crippen LogP contribution < -0.4 is 22.1 Å². The summed E-state index contributed by atoms with van der Waals surface area (Å²) in [5, 5.41) is 29.7. The molecule has 0 saturated carbocycles. The summed E-state index contributed by atoms with van der Waals surface area (Å²) >= 11 is 0. The van der Waals surface area contributed by atoms with Crippen LogP contribution in [-0.2, 0) is 14.4 Å². The Labute approximate surface area is 147 Å². The number of carboxylic acid groups (broad SMARTS) is 1. The zero-order chi connectivity index (χ0) is 20.0. The molecule has 0 aliphatic rings. The van der Waals surface area contributed by atoms with E-state index in [1.807, 2.05) is 5.32 Å². The number of Topliss-reactive ketones (excluding diaryl/α,β-unsaturated/α-hetero) is 1. The van der Waals surface area contributed by atoms with E-state index in [-0.39, 0.29) is 11.8 Å². The second kappa shape index (κ2) is 8.87. The number of nitrogens with two attached hydrogens (primary N) is 2. The minimum absolute atomic E-state index is 0.140. The summed E-state index contributed by atoms with van der Waals surface area (Å²) in [7, 11) is 0. The zero-order valence-corrected chi connectivity index (χ0v) is 14.0. The van der Waals surface area contributed by atoms with Crippen molar-refractivity contribution in [3.8, 4) is 0 Å². The average molecular weight is 372 g/mol. The lowest BCUT2D eigenvalue weighted by Gasteiger charge is -2.17. The fraction of sp³-hybridized carbons (Fsp3) is 0.538. The Morgan fingerprint density at radius 1 is 1.19 bits per heavy atom. The van der Waals surface area contributed by atoms with Crippen molar-refractivity contribution in [2.45, 2.75) is 44.5 Å². The van der Waals surface area contributed by atoms with Crippen LogP contribution in [0.25, 0.3) is 0 Å². The van der Waals surface area contributed by atoms with Gasteiger partial charge in [0.05, 0.1) is 12.5 Å². The van der Waals surface area contributed by atoms with Crippen molar-refractivity contribution in [1.29, 1.82) is 0 Å². The number of amides is 3. The van der Waals surface area contributed by atoms with E-state index in [2.05, 4.69) is 15.5 Å². The summed E-state index contributed by atoms with van der Waals surface area (Å²) in [6, 6.07) is -5.03. The highest BCUT2D eigenvalue weighted by Crippen LogP contribution is 2.19. The molecule has 8 N–H and O–H groups in total. The molecular formula is C13H20N6O7. The van der Waals surface area contributed by atoms with Gasteiger partial charge in [-0.3, -0.25) is 9.59 Å². The Morgan fingerprint density at radius 3 is 2.23 bits per heavy atom. The SMILES string of the molecule is CC(=O)[C@H](NC(=O)N[C@@H](CC(N)=O)c1nnc([C@@H](N)C(C)O)o1)C(=O)O. The highest BCUT2D eigenvalue weighted by molar-refractivity contribution is 6.03. The highest BCUT2D eigenvalue weighted by Gasteiger charge is 2.29. The number of carbonyl (C=O) groups excluding carboxylic acids is 3. The molecule has 0 bridgehead atoms. The average Bonchev–Trinajstić information content (AvgIpc) is 2.99. The monoisotopic (exact) mass is 372 g/mol. The number of rotatable bonds is 9. The van der Waals surface area contributed by atoms with Crippen LogP contribution in [0.2, 0.25) is 0 Å². The Balaban J connectivity index is 2.94. The first kappa shape index (κ1) is 21.0. The quantitative estimate of drug-likeness (QED) is 0.254. The number of nitrogens with one attached hydrogen (secondary N) is 2. The van der Waals surface area contributed by atoms with E-state index in [1.165, 1.54) is 6.92 Å². The van der Waals surface area contributed by atoms with E-state index in [0.717, 1.165) is 6.92 Å². The van der Waals surface area contributed by atoms with Crippen LogP contribution >= 0.6 is 0 Å². The number of hydrogen-bond acceptors (Lipinski definition) is 9. The van der Waals surface area contributed by atoms with Gasteiger partial charge < -0.3 is 36.7 Å². The van der Waals surface area contributed by atoms with Crippen molar-refractivity contribution < 1.29 is 33.8 Å². The number of aliphatic hydroxyl groups excluding tert-OH is 1. The third kappa shape index (κ3) is 5.78. The fourth-order valence-corrected chi connectivity index (χ4v) is 1.80. The zero-order valence-electron chi connectivity index (χ0n) is 14.0. The van der Waals surface area contributed by atoms with Gasteiger partial charge in [-0.05, 0) is 13.8 Å². The van der Waals surface area contributed by atoms with Gasteiger partial charge in [0.25, 0.3) is 0 Å². The molecule has 0 aliphatic heterocycles. The van der Waals surface area contributed by atoms with Gasteiger partial charge in [-0.2, -0.15) is 0 Å². The largest absolute Gasteiger partial charge is 0.479 e. The number of carbonyl (C=O) groups is 4. The number of hydrogen-bond donors (Lipinski definition) is 6. The second-order valence-corrected chi connectivity index (χ2v) is 5.47. The molecule has 0 spiro atoms. The summed E-state index contributed by atoms with van der Waals surface area (Å²) in [5.74, 6) is -3.56. The molecular weight excluding hydrogens is 352 g/mol. The van der Waals surface area contributed by atoms with E-state index in [0.29, 0.717) is 0 Å². The Kier molecular flexibility index (Phi) is 7.16. The maximum Gasteiger partial charge on any atom is 0.334 e. The molecule has 1 heterocycles. The first-order valence-electron chi connectivity index (χ1n) is 7.38. The number of aromatic nitrogens is 2. The molecule has 13 nitrogen and oxygen atoms in total. The third-order valence-corrected chi connectivity index (χ3v) is 3.20. The van der Waals surface area contributed by atoms with E-state index < -0.39 is 54.3 Å². The first-order chi connectivity index (χ1) is 12.0. The first-order valence-corrected chi connectivity index (χ1v) is 7.38.